The van der Waals surface area contributed by atoms with Gasteiger partial charge in [-0.3, -0.25) is 4.79 Å². The van der Waals surface area contributed by atoms with Crippen LogP contribution in [0, 0.1) is 6.92 Å². The Kier molecular flexibility index (Phi) is 5.14. The van der Waals surface area contributed by atoms with Crippen molar-refractivity contribution in [2.75, 3.05) is 5.32 Å². The normalized spacial score (nSPS) is 10.6. The van der Waals surface area contributed by atoms with Crippen molar-refractivity contribution in [1.29, 1.82) is 0 Å². The van der Waals surface area contributed by atoms with E-state index in [0.29, 0.717) is 5.13 Å². The third kappa shape index (κ3) is 4.25. The molecule has 0 aliphatic rings. The molecule has 4 nitrogen and oxygen atoms in total. The third-order valence-electron chi connectivity index (χ3n) is 3.95. The number of anilines is 2. The highest BCUT2D eigenvalue weighted by atomic mass is 32.1. The molecule has 0 saturated heterocycles. The van der Waals surface area contributed by atoms with Crippen LogP contribution in [0.1, 0.15) is 22.9 Å². The number of aromatic nitrogens is 1. The Hall–Kier alpha value is -2.66. The highest BCUT2D eigenvalue weighted by Crippen LogP contribution is 2.33. The van der Waals surface area contributed by atoms with Crippen molar-refractivity contribution in [3.8, 4) is 11.3 Å². The Morgan fingerprint density at radius 1 is 1.12 bits per heavy atom. The van der Waals surface area contributed by atoms with Crippen LogP contribution in [-0.2, 0) is 17.6 Å². The number of nitrogens with one attached hydrogen (secondary N) is 1. The molecule has 0 aliphatic carbocycles. The van der Waals surface area contributed by atoms with Gasteiger partial charge in [0.15, 0.2) is 5.13 Å². The van der Waals surface area contributed by atoms with Crippen LogP contribution in [0.25, 0.3) is 11.3 Å². The summed E-state index contributed by atoms with van der Waals surface area (Å²) in [5.74, 6) is -0.850. The van der Waals surface area contributed by atoms with Crippen molar-refractivity contribution in [1.82, 2.24) is 4.98 Å². The van der Waals surface area contributed by atoms with Gasteiger partial charge in [-0.25, -0.2) is 4.98 Å². The molecule has 1 heterocycles. The van der Waals surface area contributed by atoms with Crippen LogP contribution < -0.4 is 5.32 Å². The number of aliphatic carboxylic acids is 1. The fraction of sp³-hybridized carbons (Fsp3) is 0.200. The zero-order chi connectivity index (χ0) is 17.8. The molecule has 0 spiro atoms. The van der Waals surface area contributed by atoms with E-state index in [1.165, 1.54) is 22.5 Å². The second-order valence-electron chi connectivity index (χ2n) is 5.90. The van der Waals surface area contributed by atoms with Gasteiger partial charge in [-0.15, -0.1) is 11.3 Å². The van der Waals surface area contributed by atoms with Crippen molar-refractivity contribution in [2.24, 2.45) is 0 Å². The summed E-state index contributed by atoms with van der Waals surface area (Å²) >= 11 is 1.39. The standard InChI is InChI=1S/C20H20N2O2S/c1-3-14-6-8-15(9-7-14)19-17(12-18(23)24)25-20(22-19)21-16-10-4-13(2)5-11-16/h4-11H,3,12H2,1-2H3,(H,21,22)(H,23,24). The maximum atomic E-state index is 11.2. The molecule has 128 valence electrons. The maximum absolute atomic E-state index is 11.2. The quantitative estimate of drug-likeness (QED) is 0.651. The minimum Gasteiger partial charge on any atom is -0.481 e. The second-order valence-corrected chi connectivity index (χ2v) is 6.99. The van der Waals surface area contributed by atoms with Crippen molar-refractivity contribution in [2.45, 2.75) is 26.7 Å². The van der Waals surface area contributed by atoms with Crippen LogP contribution in [0.4, 0.5) is 10.8 Å². The molecule has 0 unspecified atom stereocenters. The molecule has 0 amide bonds. The van der Waals surface area contributed by atoms with Gasteiger partial charge >= 0.3 is 5.97 Å². The minimum atomic E-state index is -0.850. The second kappa shape index (κ2) is 7.49. The number of carboxylic acid groups (broad SMARTS) is 1. The summed E-state index contributed by atoms with van der Waals surface area (Å²) < 4.78 is 0. The number of carbonyl (C=O) groups is 1. The van der Waals surface area contributed by atoms with E-state index in [0.717, 1.165) is 28.2 Å². The van der Waals surface area contributed by atoms with E-state index < -0.39 is 5.97 Å². The molecular formula is C20H20N2O2S. The van der Waals surface area contributed by atoms with Gasteiger partial charge < -0.3 is 10.4 Å². The zero-order valence-corrected chi connectivity index (χ0v) is 15.1. The largest absolute Gasteiger partial charge is 0.481 e. The first-order chi connectivity index (χ1) is 12.0. The molecule has 0 bridgehead atoms. The van der Waals surface area contributed by atoms with Crippen molar-refractivity contribution < 1.29 is 9.90 Å². The van der Waals surface area contributed by atoms with E-state index in [9.17, 15) is 9.90 Å². The summed E-state index contributed by atoms with van der Waals surface area (Å²) in [6, 6.07) is 16.2. The average Bonchev–Trinajstić information content (AvgIpc) is 2.98. The van der Waals surface area contributed by atoms with Gasteiger partial charge in [-0.2, -0.15) is 0 Å². The lowest BCUT2D eigenvalue weighted by Gasteiger charge is -2.03. The number of aryl methyl sites for hydroxylation is 2. The fourth-order valence-corrected chi connectivity index (χ4v) is 3.54. The lowest BCUT2D eigenvalue weighted by Crippen LogP contribution is -1.99. The molecule has 25 heavy (non-hydrogen) atoms. The summed E-state index contributed by atoms with van der Waals surface area (Å²) in [5, 5.41) is 13.2. The number of hydrogen-bond acceptors (Lipinski definition) is 4. The van der Waals surface area contributed by atoms with Gasteiger partial charge in [0.25, 0.3) is 0 Å². The topological polar surface area (TPSA) is 62.2 Å². The number of rotatable bonds is 6. The Balaban J connectivity index is 1.93. The molecule has 0 aliphatic heterocycles. The van der Waals surface area contributed by atoms with E-state index in [1.54, 1.807) is 0 Å². The number of nitrogens with zero attached hydrogens (tertiary/aromatic N) is 1. The molecular weight excluding hydrogens is 332 g/mol. The van der Waals surface area contributed by atoms with Gasteiger partial charge in [-0.05, 0) is 31.0 Å². The van der Waals surface area contributed by atoms with Crippen molar-refractivity contribution in [3.63, 3.8) is 0 Å². The highest BCUT2D eigenvalue weighted by Gasteiger charge is 2.16. The molecule has 5 heteroatoms. The zero-order valence-electron chi connectivity index (χ0n) is 14.2. The van der Waals surface area contributed by atoms with Gasteiger partial charge in [0.1, 0.15) is 0 Å². The lowest BCUT2D eigenvalue weighted by atomic mass is 10.1. The van der Waals surface area contributed by atoms with Crippen LogP contribution in [0.5, 0.6) is 0 Å². The molecule has 2 N–H and O–H groups in total. The number of hydrogen-bond donors (Lipinski definition) is 2. The third-order valence-corrected chi connectivity index (χ3v) is 4.92. The van der Waals surface area contributed by atoms with Crippen LogP contribution in [-0.4, -0.2) is 16.1 Å². The first kappa shape index (κ1) is 17.2. The van der Waals surface area contributed by atoms with Crippen LogP contribution >= 0.6 is 11.3 Å². The van der Waals surface area contributed by atoms with Crippen molar-refractivity contribution in [3.05, 3.63) is 64.5 Å². The van der Waals surface area contributed by atoms with E-state index in [4.69, 9.17) is 0 Å². The highest BCUT2D eigenvalue weighted by molar-refractivity contribution is 7.16. The Bertz CT molecular complexity index is 868. The summed E-state index contributed by atoms with van der Waals surface area (Å²) in [6.07, 6.45) is 0.942. The van der Waals surface area contributed by atoms with Crippen LogP contribution in [0.15, 0.2) is 48.5 Å². The molecule has 0 saturated carbocycles. The molecule has 2 aromatic carbocycles. The molecule has 3 aromatic rings. The maximum Gasteiger partial charge on any atom is 0.308 e. The Morgan fingerprint density at radius 3 is 2.40 bits per heavy atom. The molecule has 1 aromatic heterocycles. The van der Waals surface area contributed by atoms with Crippen molar-refractivity contribution >= 4 is 28.1 Å². The number of benzene rings is 2. The molecule has 0 radical (unpaired) electrons. The smallest absolute Gasteiger partial charge is 0.308 e. The average molecular weight is 352 g/mol. The molecule has 0 fully saturated rings. The van der Waals surface area contributed by atoms with E-state index in [2.05, 4.69) is 29.4 Å². The monoisotopic (exact) mass is 352 g/mol. The van der Waals surface area contributed by atoms with Crippen LogP contribution in [0.2, 0.25) is 0 Å². The van der Waals surface area contributed by atoms with E-state index in [-0.39, 0.29) is 6.42 Å². The predicted octanol–water partition coefficient (Wildman–Crippen LogP) is 5.05. The fourth-order valence-electron chi connectivity index (χ4n) is 2.55. The molecule has 3 rings (SSSR count). The predicted molar refractivity (Wildman–Crippen MR) is 103 cm³/mol. The number of carboxylic acids is 1. The summed E-state index contributed by atoms with van der Waals surface area (Å²) in [4.78, 5) is 16.6. The van der Waals surface area contributed by atoms with E-state index in [1.807, 2.05) is 43.3 Å². The Morgan fingerprint density at radius 2 is 1.80 bits per heavy atom. The first-order valence-electron chi connectivity index (χ1n) is 8.19. The summed E-state index contributed by atoms with van der Waals surface area (Å²) in [6.45, 7) is 4.15. The van der Waals surface area contributed by atoms with E-state index >= 15 is 0 Å². The lowest BCUT2D eigenvalue weighted by molar-refractivity contribution is -0.136. The molecule has 0 atom stereocenters. The minimum absolute atomic E-state index is 0.0297. The summed E-state index contributed by atoms with van der Waals surface area (Å²) in [5.41, 5.74) is 5.06. The Labute approximate surface area is 151 Å². The first-order valence-corrected chi connectivity index (χ1v) is 9.01. The summed E-state index contributed by atoms with van der Waals surface area (Å²) in [7, 11) is 0. The van der Waals surface area contributed by atoms with Gasteiger partial charge in [0, 0.05) is 16.1 Å². The number of thiazole rings is 1. The van der Waals surface area contributed by atoms with Gasteiger partial charge in [0.2, 0.25) is 0 Å². The SMILES string of the molecule is CCc1ccc(-c2nc(Nc3ccc(C)cc3)sc2CC(=O)O)cc1. The van der Waals surface area contributed by atoms with Crippen LogP contribution in [0.3, 0.4) is 0 Å². The van der Waals surface area contributed by atoms with Gasteiger partial charge in [0.05, 0.1) is 12.1 Å². The van der Waals surface area contributed by atoms with Gasteiger partial charge in [-0.1, -0.05) is 48.9 Å².